The SMILES string of the molecule is CC(C)N(C(=O)c1cc([N+](=O)[O-])c(Cl)cc1C(F)(F)F)C1CCCCC1.CCC1(Sc2cc(C(F)(F)F)c(C(=O)N(C(C)C)C3CCCCC3)cc2[N+](=O)[O-])CCC1.O=C=O. The van der Waals surface area contributed by atoms with Crippen molar-refractivity contribution in [3.8, 4) is 0 Å². The fourth-order valence-corrected chi connectivity index (χ4v) is 10.0. The Morgan fingerprint density at radius 2 is 1.11 bits per heavy atom. The average molecular weight is 909 g/mol. The van der Waals surface area contributed by atoms with Gasteiger partial charge in [-0.15, -0.1) is 11.8 Å². The van der Waals surface area contributed by atoms with Crippen LogP contribution in [-0.4, -0.2) is 66.5 Å². The summed E-state index contributed by atoms with van der Waals surface area (Å²) in [7, 11) is 0. The highest BCUT2D eigenvalue weighted by molar-refractivity contribution is 8.00. The highest BCUT2D eigenvalue weighted by Gasteiger charge is 2.44. The Morgan fingerprint density at radius 3 is 1.43 bits per heavy atom. The second-order valence-electron chi connectivity index (χ2n) is 16.0. The lowest BCUT2D eigenvalue weighted by Gasteiger charge is -2.40. The largest absolute Gasteiger partial charge is 0.417 e. The van der Waals surface area contributed by atoms with E-state index in [1.54, 1.807) is 27.7 Å². The minimum Gasteiger partial charge on any atom is -0.333 e. The fourth-order valence-electron chi connectivity index (χ4n) is 8.29. The van der Waals surface area contributed by atoms with E-state index in [0.717, 1.165) is 101 Å². The smallest absolute Gasteiger partial charge is 0.333 e. The third-order valence-corrected chi connectivity index (χ3v) is 13.4. The summed E-state index contributed by atoms with van der Waals surface area (Å²) in [6, 6.07) is 1.85. The molecule has 0 aromatic heterocycles. The quantitative estimate of drug-likeness (QED) is 0.121. The maximum atomic E-state index is 14.1. The summed E-state index contributed by atoms with van der Waals surface area (Å²) in [6.45, 7) is 8.96. The van der Waals surface area contributed by atoms with Crippen LogP contribution < -0.4 is 0 Å². The van der Waals surface area contributed by atoms with Crippen LogP contribution in [0, 0.1) is 20.2 Å². The van der Waals surface area contributed by atoms with Crippen LogP contribution in [0.15, 0.2) is 29.2 Å². The molecule has 3 fully saturated rings. The van der Waals surface area contributed by atoms with E-state index >= 15 is 0 Å². The molecular formula is C41H51ClF6N4O8S. The van der Waals surface area contributed by atoms with Crippen molar-refractivity contribution in [1.29, 1.82) is 0 Å². The zero-order valence-electron chi connectivity index (χ0n) is 34.6. The third kappa shape index (κ3) is 12.9. The molecule has 20 heteroatoms. The molecule has 0 unspecified atom stereocenters. The number of nitro benzene ring substituents is 2. The molecule has 3 saturated carbocycles. The van der Waals surface area contributed by atoms with E-state index in [0.29, 0.717) is 25.0 Å². The summed E-state index contributed by atoms with van der Waals surface area (Å²) in [5, 5.41) is 22.3. The van der Waals surface area contributed by atoms with E-state index in [1.165, 1.54) is 9.80 Å². The van der Waals surface area contributed by atoms with E-state index < -0.39 is 72.7 Å². The number of alkyl halides is 6. The van der Waals surface area contributed by atoms with Gasteiger partial charge in [-0.25, -0.2) is 0 Å². The fraction of sp³-hybridized carbons (Fsp3) is 0.634. The first-order chi connectivity index (χ1) is 28.4. The predicted octanol–water partition coefficient (Wildman–Crippen LogP) is 12.1. The second-order valence-corrected chi connectivity index (χ2v) is 17.9. The number of carbonyl (C=O) groups excluding carboxylic acids is 4. The monoisotopic (exact) mass is 908 g/mol. The van der Waals surface area contributed by atoms with Crippen molar-refractivity contribution in [2.75, 3.05) is 0 Å². The van der Waals surface area contributed by atoms with Crippen LogP contribution in [0.3, 0.4) is 0 Å². The molecule has 2 amide bonds. The van der Waals surface area contributed by atoms with Crippen molar-refractivity contribution in [3.05, 3.63) is 71.8 Å². The molecule has 3 aliphatic rings. The molecule has 0 radical (unpaired) electrons. The Morgan fingerprint density at radius 1 is 0.738 bits per heavy atom. The molecule has 0 bridgehead atoms. The molecule has 5 rings (SSSR count). The van der Waals surface area contributed by atoms with Crippen molar-refractivity contribution < 1.29 is 55.4 Å². The number of carbonyl (C=O) groups is 2. The van der Waals surface area contributed by atoms with Crippen molar-refractivity contribution >= 4 is 52.7 Å². The van der Waals surface area contributed by atoms with E-state index in [2.05, 4.69) is 0 Å². The van der Waals surface area contributed by atoms with E-state index in [1.807, 2.05) is 6.92 Å². The van der Waals surface area contributed by atoms with Crippen LogP contribution in [0.4, 0.5) is 37.7 Å². The molecule has 2 aromatic rings. The Kier molecular flexibility index (Phi) is 18.2. The van der Waals surface area contributed by atoms with Crippen LogP contribution in [0.1, 0.15) is 156 Å². The number of nitrogens with zero attached hydrogens (tertiary/aromatic N) is 4. The molecule has 0 atom stereocenters. The van der Waals surface area contributed by atoms with E-state index in [9.17, 15) is 56.2 Å². The number of hydrogen-bond donors (Lipinski definition) is 0. The Hall–Kier alpha value is -4.22. The molecule has 0 heterocycles. The number of benzene rings is 2. The van der Waals surface area contributed by atoms with Gasteiger partial charge >= 0.3 is 18.5 Å². The first kappa shape index (κ1) is 51.1. The molecule has 0 saturated heterocycles. The summed E-state index contributed by atoms with van der Waals surface area (Å²) in [6.07, 6.45) is 2.52. The van der Waals surface area contributed by atoms with Gasteiger partial charge in [0.1, 0.15) is 5.02 Å². The van der Waals surface area contributed by atoms with Crippen LogP contribution in [0.2, 0.25) is 5.02 Å². The van der Waals surface area contributed by atoms with Gasteiger partial charge in [-0.2, -0.15) is 35.9 Å². The van der Waals surface area contributed by atoms with Crippen LogP contribution in [0.5, 0.6) is 0 Å². The van der Waals surface area contributed by atoms with Crippen molar-refractivity contribution in [1.82, 2.24) is 9.80 Å². The third-order valence-electron chi connectivity index (χ3n) is 11.4. The van der Waals surface area contributed by atoms with Gasteiger partial charge in [-0.05, 0) is 84.8 Å². The Labute approximate surface area is 359 Å². The molecule has 12 nitrogen and oxygen atoms in total. The molecule has 0 N–H and O–H groups in total. The van der Waals surface area contributed by atoms with Gasteiger partial charge in [0.25, 0.3) is 23.2 Å². The van der Waals surface area contributed by atoms with Gasteiger partial charge in [-0.1, -0.05) is 63.5 Å². The Balaban J connectivity index is 0.000000312. The summed E-state index contributed by atoms with van der Waals surface area (Å²) in [4.78, 5) is 67.0. The average Bonchev–Trinajstić information content (AvgIpc) is 3.16. The van der Waals surface area contributed by atoms with Gasteiger partial charge in [0.15, 0.2) is 0 Å². The Bertz CT molecular complexity index is 1920. The summed E-state index contributed by atoms with van der Waals surface area (Å²) < 4.78 is 82.3. The zero-order chi connectivity index (χ0) is 46.0. The highest BCUT2D eigenvalue weighted by Crippen LogP contribution is 2.53. The lowest BCUT2D eigenvalue weighted by molar-refractivity contribution is -0.387. The maximum absolute atomic E-state index is 14.1. The molecule has 61 heavy (non-hydrogen) atoms. The van der Waals surface area contributed by atoms with E-state index in [4.69, 9.17) is 21.2 Å². The van der Waals surface area contributed by atoms with Gasteiger partial charge in [0.05, 0.1) is 37.0 Å². The maximum Gasteiger partial charge on any atom is 0.417 e. The molecular weight excluding hydrogens is 858 g/mol. The van der Waals surface area contributed by atoms with E-state index in [-0.39, 0.29) is 40.0 Å². The first-order valence-electron chi connectivity index (χ1n) is 20.2. The van der Waals surface area contributed by atoms with Crippen molar-refractivity contribution in [3.63, 3.8) is 0 Å². The molecule has 338 valence electrons. The molecule has 0 spiro atoms. The van der Waals surface area contributed by atoms with Crippen molar-refractivity contribution in [2.24, 2.45) is 0 Å². The van der Waals surface area contributed by atoms with Crippen LogP contribution in [-0.2, 0) is 21.9 Å². The van der Waals surface area contributed by atoms with Gasteiger partial charge < -0.3 is 9.80 Å². The lowest BCUT2D eigenvalue weighted by Crippen LogP contribution is -2.46. The normalized spacial score (nSPS) is 16.9. The molecule has 3 aliphatic carbocycles. The minimum atomic E-state index is -4.85. The minimum absolute atomic E-state index is 0.00538. The molecule has 2 aromatic carbocycles. The number of amides is 2. The highest BCUT2D eigenvalue weighted by atomic mass is 35.5. The van der Waals surface area contributed by atoms with Crippen LogP contribution in [0.25, 0.3) is 0 Å². The number of rotatable bonds is 11. The van der Waals surface area contributed by atoms with Gasteiger partial charge in [0.2, 0.25) is 0 Å². The predicted molar refractivity (Wildman–Crippen MR) is 215 cm³/mol. The topological polar surface area (TPSA) is 161 Å². The van der Waals surface area contributed by atoms with Gasteiger partial charge in [0, 0.05) is 41.0 Å². The van der Waals surface area contributed by atoms with Crippen LogP contribution >= 0.6 is 23.4 Å². The van der Waals surface area contributed by atoms with Crippen molar-refractivity contribution in [2.45, 2.75) is 171 Å². The van der Waals surface area contributed by atoms with Gasteiger partial charge in [-0.3, -0.25) is 29.8 Å². The number of halogens is 7. The second kappa shape index (κ2) is 21.7. The lowest BCUT2D eigenvalue weighted by atomic mass is 9.82. The number of nitro groups is 2. The standard InChI is InChI=1S/C23H31F3N2O3S.C17H20ClF3N2O3.CO2/c1-4-22(11-8-12-22)32-20-14-18(23(24,25)26)17(13-19(20)28(30)31)21(29)27(15(2)3)16-9-6-5-7-10-16;1-10(2)22(11-6-4-3-5-7-11)16(24)12-8-15(23(25)26)14(18)9-13(12)17(19,20)21;2-1-3/h13-16H,4-12H2,1-3H3;8-11H,3-7H2,1-2H3;. The summed E-state index contributed by atoms with van der Waals surface area (Å²) in [5.41, 5.74) is -4.81. The number of thioether (sulfide) groups is 1. The number of hydrogen-bond acceptors (Lipinski definition) is 9. The summed E-state index contributed by atoms with van der Waals surface area (Å²) >= 11 is 6.79. The summed E-state index contributed by atoms with van der Waals surface area (Å²) in [5.74, 6) is -1.62. The zero-order valence-corrected chi connectivity index (χ0v) is 36.2. The first-order valence-corrected chi connectivity index (χ1v) is 21.4. The molecule has 0 aliphatic heterocycles.